The molecule has 0 spiro atoms. The van der Waals surface area contributed by atoms with Crippen molar-refractivity contribution < 1.29 is 4.79 Å². The Morgan fingerprint density at radius 1 is 1.30 bits per heavy atom. The summed E-state index contributed by atoms with van der Waals surface area (Å²) in [4.78, 5) is 21.2. The highest BCUT2D eigenvalue weighted by molar-refractivity contribution is 9.10. The molecule has 1 saturated heterocycles. The molecule has 0 atom stereocenters. The molecule has 1 amide bonds. The largest absolute Gasteiger partial charge is 0.343 e. The van der Waals surface area contributed by atoms with E-state index in [1.165, 1.54) is 5.56 Å². The first-order valence-corrected chi connectivity index (χ1v) is 8.73. The van der Waals surface area contributed by atoms with Crippen LogP contribution >= 0.6 is 15.9 Å². The number of aromatic nitrogens is 2. The van der Waals surface area contributed by atoms with Crippen molar-refractivity contribution >= 4 is 21.8 Å². The van der Waals surface area contributed by atoms with Crippen LogP contribution in [0.15, 0.2) is 41.3 Å². The number of carbonyl (C=O) groups excluding carboxylic acids is 1. The van der Waals surface area contributed by atoms with E-state index in [0.717, 1.165) is 49.4 Å². The van der Waals surface area contributed by atoms with E-state index in [2.05, 4.69) is 38.8 Å². The number of hydrogen-bond acceptors (Lipinski definition) is 3. The summed E-state index contributed by atoms with van der Waals surface area (Å²) in [5.74, 6) is 0.124. The molecule has 122 valence electrons. The van der Waals surface area contributed by atoms with Gasteiger partial charge in [0.25, 0.3) is 5.91 Å². The van der Waals surface area contributed by atoms with E-state index in [4.69, 9.17) is 0 Å². The van der Waals surface area contributed by atoms with E-state index in [9.17, 15) is 4.79 Å². The Hall–Kier alpha value is -1.66. The van der Waals surface area contributed by atoms with Crippen LogP contribution in [0.5, 0.6) is 0 Å². The molecule has 23 heavy (non-hydrogen) atoms. The third-order valence-electron chi connectivity index (χ3n) is 4.21. The lowest BCUT2D eigenvalue weighted by molar-refractivity contribution is 0.0618. The van der Waals surface area contributed by atoms with Crippen LogP contribution in [0.1, 0.15) is 23.0 Å². The van der Waals surface area contributed by atoms with Gasteiger partial charge in [0.2, 0.25) is 0 Å². The molecule has 5 nitrogen and oxygen atoms in total. The number of nitrogens with zero attached hydrogens (tertiary/aromatic N) is 4. The SMILES string of the molecule is CCn1cc(Br)cc1C(=O)N1CCN(Cc2cccnc2)CC1. The predicted molar refractivity (Wildman–Crippen MR) is 93.2 cm³/mol. The average Bonchev–Trinajstić information content (AvgIpc) is 2.97. The van der Waals surface area contributed by atoms with Gasteiger partial charge in [-0.05, 0) is 40.5 Å². The van der Waals surface area contributed by atoms with Crippen molar-refractivity contribution in [3.05, 3.63) is 52.5 Å². The highest BCUT2D eigenvalue weighted by Crippen LogP contribution is 2.18. The van der Waals surface area contributed by atoms with Crippen LogP contribution in [0.25, 0.3) is 0 Å². The lowest BCUT2D eigenvalue weighted by atomic mass is 10.2. The van der Waals surface area contributed by atoms with Gasteiger partial charge in [0.15, 0.2) is 0 Å². The second-order valence-corrected chi connectivity index (χ2v) is 6.67. The fraction of sp³-hybridized carbons (Fsp3) is 0.412. The summed E-state index contributed by atoms with van der Waals surface area (Å²) in [7, 11) is 0. The third kappa shape index (κ3) is 3.82. The van der Waals surface area contributed by atoms with E-state index in [1.54, 1.807) is 6.20 Å². The zero-order valence-corrected chi connectivity index (χ0v) is 14.9. The van der Waals surface area contributed by atoms with E-state index in [0.29, 0.717) is 0 Å². The molecule has 2 aromatic rings. The Morgan fingerprint density at radius 2 is 2.09 bits per heavy atom. The second-order valence-electron chi connectivity index (χ2n) is 5.76. The van der Waals surface area contributed by atoms with E-state index in [1.807, 2.05) is 34.0 Å². The van der Waals surface area contributed by atoms with Crippen LogP contribution in [-0.2, 0) is 13.1 Å². The average molecular weight is 377 g/mol. The van der Waals surface area contributed by atoms with E-state index >= 15 is 0 Å². The first kappa shape index (κ1) is 16.2. The Bertz CT molecular complexity index is 662. The number of carbonyl (C=O) groups is 1. The molecule has 6 heteroatoms. The highest BCUT2D eigenvalue weighted by Gasteiger charge is 2.24. The highest BCUT2D eigenvalue weighted by atomic mass is 79.9. The maximum atomic E-state index is 12.7. The molecule has 0 unspecified atom stereocenters. The summed E-state index contributed by atoms with van der Waals surface area (Å²) in [5.41, 5.74) is 1.98. The van der Waals surface area contributed by atoms with Crippen LogP contribution in [-0.4, -0.2) is 51.4 Å². The summed E-state index contributed by atoms with van der Waals surface area (Å²) in [6, 6.07) is 5.97. The molecule has 0 bridgehead atoms. The zero-order valence-electron chi connectivity index (χ0n) is 13.3. The van der Waals surface area contributed by atoms with Gasteiger partial charge in [-0.2, -0.15) is 0 Å². The van der Waals surface area contributed by atoms with Gasteiger partial charge < -0.3 is 9.47 Å². The van der Waals surface area contributed by atoms with Crippen molar-refractivity contribution in [2.45, 2.75) is 20.0 Å². The maximum absolute atomic E-state index is 12.7. The number of aryl methyl sites for hydroxylation is 1. The minimum Gasteiger partial charge on any atom is -0.343 e. The smallest absolute Gasteiger partial charge is 0.270 e. The summed E-state index contributed by atoms with van der Waals surface area (Å²) in [6.07, 6.45) is 5.66. The fourth-order valence-corrected chi connectivity index (χ4v) is 3.40. The Balaban J connectivity index is 1.59. The van der Waals surface area contributed by atoms with Crippen LogP contribution in [0.4, 0.5) is 0 Å². The van der Waals surface area contributed by atoms with Crippen LogP contribution in [0.2, 0.25) is 0 Å². The molecule has 1 aliphatic rings. The first-order chi connectivity index (χ1) is 11.2. The molecule has 3 rings (SSSR count). The first-order valence-electron chi connectivity index (χ1n) is 7.93. The Morgan fingerprint density at radius 3 is 2.74 bits per heavy atom. The number of pyridine rings is 1. The van der Waals surface area contributed by atoms with Crippen molar-refractivity contribution in [2.75, 3.05) is 26.2 Å². The molecule has 1 fully saturated rings. The van der Waals surface area contributed by atoms with Gasteiger partial charge in [-0.1, -0.05) is 6.07 Å². The van der Waals surface area contributed by atoms with Gasteiger partial charge in [0.1, 0.15) is 5.69 Å². The van der Waals surface area contributed by atoms with E-state index in [-0.39, 0.29) is 5.91 Å². The second kappa shape index (κ2) is 7.27. The Kier molecular flexibility index (Phi) is 5.13. The molecule has 0 radical (unpaired) electrons. The van der Waals surface area contributed by atoms with Crippen molar-refractivity contribution in [2.24, 2.45) is 0 Å². The molecule has 1 aliphatic heterocycles. The number of rotatable bonds is 4. The van der Waals surface area contributed by atoms with Gasteiger partial charge in [0, 0.05) is 62.3 Å². The molecular weight excluding hydrogens is 356 g/mol. The van der Waals surface area contributed by atoms with Crippen molar-refractivity contribution in [3.8, 4) is 0 Å². The van der Waals surface area contributed by atoms with E-state index < -0.39 is 0 Å². The normalized spacial score (nSPS) is 15.8. The fourth-order valence-electron chi connectivity index (χ4n) is 2.94. The van der Waals surface area contributed by atoms with Gasteiger partial charge in [-0.15, -0.1) is 0 Å². The lowest BCUT2D eigenvalue weighted by Gasteiger charge is -2.34. The molecular formula is C17H21BrN4O. The molecule has 0 aromatic carbocycles. The van der Waals surface area contributed by atoms with Crippen molar-refractivity contribution in [1.29, 1.82) is 0 Å². The quantitative estimate of drug-likeness (QED) is 0.823. The number of hydrogen-bond donors (Lipinski definition) is 0. The van der Waals surface area contributed by atoms with Gasteiger partial charge in [-0.25, -0.2) is 0 Å². The van der Waals surface area contributed by atoms with Gasteiger partial charge >= 0.3 is 0 Å². The maximum Gasteiger partial charge on any atom is 0.270 e. The number of amides is 1. The summed E-state index contributed by atoms with van der Waals surface area (Å²) in [5, 5.41) is 0. The van der Waals surface area contributed by atoms with Crippen LogP contribution in [0.3, 0.4) is 0 Å². The minimum absolute atomic E-state index is 0.124. The summed E-state index contributed by atoms with van der Waals surface area (Å²) < 4.78 is 2.95. The molecule has 0 N–H and O–H groups in total. The van der Waals surface area contributed by atoms with Gasteiger partial charge in [-0.3, -0.25) is 14.7 Å². The summed E-state index contributed by atoms with van der Waals surface area (Å²) >= 11 is 3.46. The zero-order chi connectivity index (χ0) is 16.2. The van der Waals surface area contributed by atoms with Crippen molar-refractivity contribution in [3.63, 3.8) is 0 Å². The molecule has 2 aromatic heterocycles. The van der Waals surface area contributed by atoms with Crippen LogP contribution < -0.4 is 0 Å². The number of halogens is 1. The monoisotopic (exact) mass is 376 g/mol. The third-order valence-corrected chi connectivity index (χ3v) is 4.65. The van der Waals surface area contributed by atoms with Crippen molar-refractivity contribution in [1.82, 2.24) is 19.4 Å². The standard InChI is InChI=1S/C17H21BrN4O/c1-2-21-13-15(18)10-16(21)17(23)22-8-6-20(7-9-22)12-14-4-3-5-19-11-14/h3-5,10-11,13H,2,6-9,12H2,1H3. The lowest BCUT2D eigenvalue weighted by Crippen LogP contribution is -2.48. The topological polar surface area (TPSA) is 41.4 Å². The Labute approximate surface area is 145 Å². The number of piperazine rings is 1. The molecule has 0 saturated carbocycles. The minimum atomic E-state index is 0.124. The predicted octanol–water partition coefficient (Wildman–Crippen LogP) is 2.62. The van der Waals surface area contributed by atoms with Crippen LogP contribution in [0, 0.1) is 0 Å². The molecule has 0 aliphatic carbocycles. The summed E-state index contributed by atoms with van der Waals surface area (Å²) in [6.45, 7) is 7.08. The molecule has 3 heterocycles. The van der Waals surface area contributed by atoms with Gasteiger partial charge in [0.05, 0.1) is 0 Å².